The van der Waals surface area contributed by atoms with Gasteiger partial charge in [0, 0.05) is 19.1 Å². The number of anilines is 1. The number of amides is 4. The van der Waals surface area contributed by atoms with Crippen LogP contribution in [0.25, 0.3) is 0 Å². The monoisotopic (exact) mass is 507 g/mol. The molecule has 10 nitrogen and oxygen atoms in total. The molecule has 2 aromatic heterocycles. The number of pyridine rings is 1. The molecular weight excluding hydrogens is 482 g/mol. The number of piperidine rings is 1. The van der Waals surface area contributed by atoms with Crippen molar-refractivity contribution in [2.75, 3.05) is 18.4 Å². The van der Waals surface area contributed by atoms with Crippen LogP contribution in [0.15, 0.2) is 54.9 Å². The second-order valence-corrected chi connectivity index (χ2v) is 9.30. The number of nitrogens with zero attached hydrogens (tertiary/aromatic N) is 5. The Labute approximate surface area is 213 Å². The van der Waals surface area contributed by atoms with Crippen LogP contribution in [0.1, 0.15) is 36.0 Å². The van der Waals surface area contributed by atoms with E-state index in [0.717, 1.165) is 5.69 Å². The Morgan fingerprint density at radius 3 is 2.47 bits per heavy atom. The number of halogens is 1. The van der Waals surface area contributed by atoms with Gasteiger partial charge in [-0.05, 0) is 37.5 Å². The molecule has 11 heteroatoms. The van der Waals surface area contributed by atoms with E-state index in [2.05, 4.69) is 20.6 Å². The van der Waals surface area contributed by atoms with E-state index in [1.165, 1.54) is 6.20 Å². The fraction of sp³-hybridized carbons (Fsp3) is 0.320. The van der Waals surface area contributed by atoms with Gasteiger partial charge < -0.3 is 20.4 Å². The number of aromatic nitrogens is 3. The zero-order valence-corrected chi connectivity index (χ0v) is 20.5. The van der Waals surface area contributed by atoms with Gasteiger partial charge in [0.05, 0.1) is 30.3 Å². The van der Waals surface area contributed by atoms with Crippen molar-refractivity contribution in [3.8, 4) is 0 Å². The van der Waals surface area contributed by atoms with Crippen molar-refractivity contribution in [1.82, 2.24) is 29.7 Å². The van der Waals surface area contributed by atoms with Crippen LogP contribution in [-0.2, 0) is 11.3 Å². The standard InChI is InChI=1S/C25H26ClN7O3/c1-16-27-14-20-15-32(25(36)33(16)20)19-9-11-31(12-10-19)23(34)22(17-5-3-2-4-6-17)30-24(35)29-18-7-8-21(26)28-13-18/h2-8,13-14,19,22H,9-12,15H2,1H3,(H2,29,30,35). The molecule has 0 spiro atoms. The Morgan fingerprint density at radius 1 is 1.06 bits per heavy atom. The molecule has 5 rings (SSSR count). The molecule has 1 unspecified atom stereocenters. The number of urea groups is 1. The lowest BCUT2D eigenvalue weighted by atomic mass is 10.0. The molecule has 3 aromatic rings. The van der Waals surface area contributed by atoms with E-state index in [1.54, 1.807) is 27.8 Å². The van der Waals surface area contributed by atoms with E-state index in [-0.39, 0.29) is 18.0 Å². The summed E-state index contributed by atoms with van der Waals surface area (Å²) >= 11 is 5.81. The zero-order valence-electron chi connectivity index (χ0n) is 19.7. The van der Waals surface area contributed by atoms with Crippen molar-refractivity contribution in [3.05, 3.63) is 77.1 Å². The molecule has 0 saturated carbocycles. The van der Waals surface area contributed by atoms with Gasteiger partial charge in [-0.1, -0.05) is 41.9 Å². The van der Waals surface area contributed by atoms with Gasteiger partial charge in [0.1, 0.15) is 17.0 Å². The third-order valence-electron chi connectivity index (χ3n) is 6.64. The lowest BCUT2D eigenvalue weighted by Crippen LogP contribution is -2.50. The summed E-state index contributed by atoms with van der Waals surface area (Å²) in [6.07, 6.45) is 4.52. The van der Waals surface area contributed by atoms with E-state index < -0.39 is 12.1 Å². The molecule has 2 aliphatic rings. The van der Waals surface area contributed by atoms with Crippen molar-refractivity contribution in [2.24, 2.45) is 0 Å². The van der Waals surface area contributed by atoms with E-state index >= 15 is 0 Å². The lowest BCUT2D eigenvalue weighted by molar-refractivity contribution is -0.134. The molecule has 0 aliphatic carbocycles. The Morgan fingerprint density at radius 2 is 1.81 bits per heavy atom. The van der Waals surface area contributed by atoms with Gasteiger partial charge in [0.25, 0.3) is 0 Å². The summed E-state index contributed by atoms with van der Waals surface area (Å²) in [5.74, 6) is 0.498. The van der Waals surface area contributed by atoms with Gasteiger partial charge >= 0.3 is 12.1 Å². The summed E-state index contributed by atoms with van der Waals surface area (Å²) in [6.45, 7) is 3.34. The quantitative estimate of drug-likeness (QED) is 0.513. The molecule has 36 heavy (non-hydrogen) atoms. The summed E-state index contributed by atoms with van der Waals surface area (Å²) in [7, 11) is 0. The predicted octanol–water partition coefficient (Wildman–Crippen LogP) is 3.58. The van der Waals surface area contributed by atoms with Crippen LogP contribution in [0, 0.1) is 6.92 Å². The second kappa shape index (κ2) is 9.98. The normalized spacial score (nSPS) is 16.6. The number of benzene rings is 1. The summed E-state index contributed by atoms with van der Waals surface area (Å²) < 4.78 is 1.65. The van der Waals surface area contributed by atoms with Gasteiger partial charge in [-0.3, -0.25) is 9.36 Å². The molecule has 1 atom stereocenters. The second-order valence-electron chi connectivity index (χ2n) is 8.91. The number of likely N-dealkylation sites (tertiary alicyclic amines) is 1. The highest BCUT2D eigenvalue weighted by molar-refractivity contribution is 6.29. The van der Waals surface area contributed by atoms with Crippen LogP contribution in [0.5, 0.6) is 0 Å². The lowest BCUT2D eigenvalue weighted by Gasteiger charge is -2.37. The van der Waals surface area contributed by atoms with Crippen molar-refractivity contribution >= 4 is 35.3 Å². The molecule has 4 amide bonds. The Bertz CT molecular complexity index is 1270. The Kier molecular flexibility index (Phi) is 6.60. The molecular formula is C25H26ClN7O3. The number of fused-ring (bicyclic) bond motifs is 1. The van der Waals surface area contributed by atoms with E-state index in [1.807, 2.05) is 42.2 Å². The highest BCUT2D eigenvalue weighted by Gasteiger charge is 2.37. The first-order valence-electron chi connectivity index (χ1n) is 11.8. The maximum absolute atomic E-state index is 13.6. The third kappa shape index (κ3) is 4.76. The van der Waals surface area contributed by atoms with Crippen molar-refractivity contribution in [3.63, 3.8) is 0 Å². The molecule has 0 radical (unpaired) electrons. The number of imidazole rings is 1. The largest absolute Gasteiger partial charge is 0.340 e. The van der Waals surface area contributed by atoms with Crippen LogP contribution in [0.4, 0.5) is 15.3 Å². The summed E-state index contributed by atoms with van der Waals surface area (Å²) in [5.41, 5.74) is 2.04. The first-order valence-corrected chi connectivity index (χ1v) is 12.2. The fourth-order valence-electron chi connectivity index (χ4n) is 4.78. The summed E-state index contributed by atoms with van der Waals surface area (Å²) in [4.78, 5) is 51.0. The topological polar surface area (TPSA) is 112 Å². The van der Waals surface area contributed by atoms with Crippen molar-refractivity contribution in [2.45, 2.75) is 38.4 Å². The molecule has 2 aliphatic heterocycles. The average Bonchev–Trinajstić information content (AvgIpc) is 3.43. The van der Waals surface area contributed by atoms with Crippen LogP contribution >= 0.6 is 11.6 Å². The molecule has 186 valence electrons. The Balaban J connectivity index is 1.24. The van der Waals surface area contributed by atoms with Crippen molar-refractivity contribution in [1.29, 1.82) is 0 Å². The SMILES string of the molecule is Cc1ncc2n1C(=O)N(C1CCN(C(=O)C(NC(=O)Nc3ccc(Cl)nc3)c3ccccc3)CC1)C2. The highest BCUT2D eigenvalue weighted by Crippen LogP contribution is 2.27. The van der Waals surface area contributed by atoms with Gasteiger partial charge in [0.2, 0.25) is 5.91 Å². The van der Waals surface area contributed by atoms with Crippen LogP contribution in [0.3, 0.4) is 0 Å². The molecule has 1 fully saturated rings. The molecule has 4 heterocycles. The van der Waals surface area contributed by atoms with E-state index in [0.29, 0.717) is 54.7 Å². The first-order chi connectivity index (χ1) is 17.4. The maximum Gasteiger partial charge on any atom is 0.330 e. The number of carbonyl (C=O) groups is 3. The van der Waals surface area contributed by atoms with E-state index in [4.69, 9.17) is 11.6 Å². The third-order valence-corrected chi connectivity index (χ3v) is 6.86. The van der Waals surface area contributed by atoms with Crippen LogP contribution in [0.2, 0.25) is 5.15 Å². The van der Waals surface area contributed by atoms with Gasteiger partial charge in [-0.2, -0.15) is 0 Å². The molecule has 2 N–H and O–H groups in total. The molecule has 1 saturated heterocycles. The maximum atomic E-state index is 13.6. The minimum absolute atomic E-state index is 0.0460. The number of carbonyl (C=O) groups excluding carboxylic acids is 3. The number of hydrogen-bond acceptors (Lipinski definition) is 5. The van der Waals surface area contributed by atoms with Gasteiger partial charge in [-0.15, -0.1) is 0 Å². The predicted molar refractivity (Wildman–Crippen MR) is 133 cm³/mol. The van der Waals surface area contributed by atoms with Crippen molar-refractivity contribution < 1.29 is 14.4 Å². The highest BCUT2D eigenvalue weighted by atomic mass is 35.5. The average molecular weight is 508 g/mol. The molecule has 1 aromatic carbocycles. The van der Waals surface area contributed by atoms with E-state index in [9.17, 15) is 14.4 Å². The zero-order chi connectivity index (χ0) is 25.2. The first kappa shape index (κ1) is 23.8. The number of aryl methyl sites for hydroxylation is 1. The summed E-state index contributed by atoms with van der Waals surface area (Å²) in [6, 6.07) is 11.0. The fourth-order valence-corrected chi connectivity index (χ4v) is 4.89. The summed E-state index contributed by atoms with van der Waals surface area (Å²) in [5, 5.41) is 5.82. The smallest absolute Gasteiger partial charge is 0.330 e. The van der Waals surface area contributed by atoms with Crippen LogP contribution < -0.4 is 10.6 Å². The number of nitrogens with one attached hydrogen (secondary N) is 2. The number of rotatable bonds is 5. The Hall–Kier alpha value is -3.92. The minimum atomic E-state index is -0.856. The number of hydrogen-bond donors (Lipinski definition) is 2. The van der Waals surface area contributed by atoms with Crippen LogP contribution in [-0.4, -0.2) is 61.4 Å². The van der Waals surface area contributed by atoms with Gasteiger partial charge in [-0.25, -0.2) is 19.6 Å². The molecule has 0 bridgehead atoms. The minimum Gasteiger partial charge on any atom is -0.340 e. The van der Waals surface area contributed by atoms with Gasteiger partial charge in [0.15, 0.2) is 0 Å².